The maximum Gasteiger partial charge on any atom is 0.317 e. The number of benzene rings is 1. The third kappa shape index (κ3) is 3.76. The molecule has 1 aromatic carbocycles. The van der Waals surface area contributed by atoms with Crippen LogP contribution in [0.1, 0.15) is 12.5 Å². The number of rotatable bonds is 6. The molecule has 0 aliphatic carbocycles. The first kappa shape index (κ1) is 16.3. The van der Waals surface area contributed by atoms with Crippen LogP contribution in [0.15, 0.2) is 18.2 Å². The van der Waals surface area contributed by atoms with E-state index in [9.17, 15) is 9.59 Å². The summed E-state index contributed by atoms with van der Waals surface area (Å²) in [4.78, 5) is 25.6. The Morgan fingerprint density at radius 2 is 1.86 bits per heavy atom. The lowest BCUT2D eigenvalue weighted by atomic mass is 10.1. The predicted octanol–water partition coefficient (Wildman–Crippen LogP) is 1.27. The first-order valence-electron chi connectivity index (χ1n) is 7.21. The zero-order valence-electron chi connectivity index (χ0n) is 13.1. The molecule has 0 radical (unpaired) electrons. The Morgan fingerprint density at radius 1 is 1.23 bits per heavy atom. The van der Waals surface area contributed by atoms with Crippen LogP contribution in [-0.2, 0) is 20.9 Å². The van der Waals surface area contributed by atoms with Crippen molar-refractivity contribution >= 4 is 11.8 Å². The average Bonchev–Trinajstić information content (AvgIpc) is 2.87. The van der Waals surface area contributed by atoms with Crippen LogP contribution >= 0.6 is 0 Å². The lowest BCUT2D eigenvalue weighted by Gasteiger charge is -2.16. The molecule has 0 spiro atoms. The summed E-state index contributed by atoms with van der Waals surface area (Å²) in [5, 5.41) is 0. The van der Waals surface area contributed by atoms with Gasteiger partial charge in [-0.25, -0.2) is 0 Å². The predicted molar refractivity (Wildman–Crippen MR) is 80.0 cm³/mol. The highest BCUT2D eigenvalue weighted by Crippen LogP contribution is 2.25. The quantitative estimate of drug-likeness (QED) is 0.582. The molecule has 120 valence electrons. The molecular weight excluding hydrogens is 286 g/mol. The van der Waals surface area contributed by atoms with Crippen LogP contribution in [0.2, 0.25) is 0 Å². The molecule has 1 unspecified atom stereocenters. The van der Waals surface area contributed by atoms with E-state index in [1.54, 1.807) is 27.2 Å². The van der Waals surface area contributed by atoms with Crippen LogP contribution in [0.5, 0.6) is 11.5 Å². The van der Waals surface area contributed by atoms with Crippen molar-refractivity contribution < 1.29 is 23.8 Å². The molecule has 1 aliphatic rings. The number of nitrogens with zero attached hydrogens (tertiary/aromatic N) is 1. The molecule has 0 N–H and O–H groups in total. The lowest BCUT2D eigenvalue weighted by Crippen LogP contribution is -2.25. The summed E-state index contributed by atoms with van der Waals surface area (Å²) >= 11 is 0. The molecule has 22 heavy (non-hydrogen) atoms. The van der Waals surface area contributed by atoms with Gasteiger partial charge in [0.1, 0.15) is 17.4 Å². The Bertz CT molecular complexity index is 535. The molecule has 1 aromatic rings. The molecule has 0 saturated carbocycles. The largest absolute Gasteiger partial charge is 0.497 e. The van der Waals surface area contributed by atoms with Crippen LogP contribution in [0.25, 0.3) is 0 Å². The van der Waals surface area contributed by atoms with Crippen LogP contribution in [0.3, 0.4) is 0 Å². The number of methoxy groups -OCH3 is 2. The van der Waals surface area contributed by atoms with Gasteiger partial charge in [-0.15, -0.1) is 0 Å². The highest BCUT2D eigenvalue weighted by Gasteiger charge is 2.37. The molecule has 6 nitrogen and oxygen atoms in total. The SMILES string of the molecule is CCOC(=O)C1CN(Cc2cc(OC)cc(OC)c2)CC1=O. The van der Waals surface area contributed by atoms with Gasteiger partial charge in [-0.1, -0.05) is 0 Å². The number of likely N-dealkylation sites (tertiary alicyclic amines) is 1. The second kappa shape index (κ2) is 7.26. The minimum atomic E-state index is -0.674. The first-order valence-corrected chi connectivity index (χ1v) is 7.21. The number of ketones is 1. The van der Waals surface area contributed by atoms with Crippen molar-refractivity contribution in [2.24, 2.45) is 5.92 Å². The molecule has 1 atom stereocenters. The molecular formula is C16H21NO5. The minimum Gasteiger partial charge on any atom is -0.497 e. The monoisotopic (exact) mass is 307 g/mol. The van der Waals surface area contributed by atoms with E-state index in [4.69, 9.17) is 14.2 Å². The summed E-state index contributed by atoms with van der Waals surface area (Å²) in [5.41, 5.74) is 0.966. The Labute approximate surface area is 129 Å². The fourth-order valence-electron chi connectivity index (χ4n) is 2.54. The second-order valence-corrected chi connectivity index (χ2v) is 5.16. The second-order valence-electron chi connectivity index (χ2n) is 5.16. The van der Waals surface area contributed by atoms with E-state index < -0.39 is 11.9 Å². The number of esters is 1. The van der Waals surface area contributed by atoms with Gasteiger partial charge in [0.25, 0.3) is 0 Å². The molecule has 0 bridgehead atoms. The third-order valence-electron chi connectivity index (χ3n) is 3.60. The van der Waals surface area contributed by atoms with Crippen molar-refractivity contribution in [3.8, 4) is 11.5 Å². The number of hydrogen-bond donors (Lipinski definition) is 0. The number of Topliss-reactive ketones (excluding diaryl/α,β-unsaturated/α-hetero) is 1. The number of hydrogen-bond acceptors (Lipinski definition) is 6. The van der Waals surface area contributed by atoms with Gasteiger partial charge in [-0.3, -0.25) is 14.5 Å². The summed E-state index contributed by atoms with van der Waals surface area (Å²) in [6.45, 7) is 3.21. The summed E-state index contributed by atoms with van der Waals surface area (Å²) in [6, 6.07) is 5.58. The van der Waals surface area contributed by atoms with Crippen molar-refractivity contribution in [1.82, 2.24) is 4.90 Å². The molecule has 2 rings (SSSR count). The molecule has 0 amide bonds. The zero-order valence-corrected chi connectivity index (χ0v) is 13.1. The van der Waals surface area contributed by atoms with Crippen molar-refractivity contribution in [3.63, 3.8) is 0 Å². The Hall–Kier alpha value is -2.08. The first-order chi connectivity index (χ1) is 10.6. The molecule has 6 heteroatoms. The Balaban J connectivity index is 2.06. The average molecular weight is 307 g/mol. The standard InChI is InChI=1S/C16H21NO5/c1-4-22-16(19)14-9-17(10-15(14)18)8-11-5-12(20-2)7-13(6-11)21-3/h5-7,14H,4,8-10H2,1-3H3. The molecule has 1 heterocycles. The van der Waals surface area contributed by atoms with E-state index >= 15 is 0 Å². The lowest BCUT2D eigenvalue weighted by molar-refractivity contribution is -0.149. The van der Waals surface area contributed by atoms with Gasteiger partial charge in [0, 0.05) is 19.2 Å². The van der Waals surface area contributed by atoms with Gasteiger partial charge >= 0.3 is 5.97 Å². The van der Waals surface area contributed by atoms with Crippen molar-refractivity contribution in [3.05, 3.63) is 23.8 Å². The molecule has 1 fully saturated rings. The van der Waals surface area contributed by atoms with Gasteiger partial charge in [0.05, 0.1) is 27.4 Å². The Morgan fingerprint density at radius 3 is 2.41 bits per heavy atom. The minimum absolute atomic E-state index is 0.0895. The van der Waals surface area contributed by atoms with E-state index in [-0.39, 0.29) is 18.9 Å². The zero-order chi connectivity index (χ0) is 16.1. The Kier molecular flexibility index (Phi) is 5.38. The van der Waals surface area contributed by atoms with Crippen molar-refractivity contribution in [2.75, 3.05) is 33.9 Å². The van der Waals surface area contributed by atoms with Gasteiger partial charge in [-0.2, -0.15) is 0 Å². The number of carbonyl (C=O) groups is 2. The maximum atomic E-state index is 11.9. The number of ether oxygens (including phenoxy) is 3. The van der Waals surface area contributed by atoms with E-state index in [0.29, 0.717) is 24.6 Å². The fourth-order valence-corrected chi connectivity index (χ4v) is 2.54. The van der Waals surface area contributed by atoms with Crippen molar-refractivity contribution in [2.45, 2.75) is 13.5 Å². The smallest absolute Gasteiger partial charge is 0.317 e. The summed E-state index contributed by atoms with van der Waals surface area (Å²) < 4.78 is 15.4. The fraction of sp³-hybridized carbons (Fsp3) is 0.500. The van der Waals surface area contributed by atoms with Gasteiger partial charge in [0.15, 0.2) is 5.78 Å². The van der Waals surface area contributed by atoms with Gasteiger partial charge < -0.3 is 14.2 Å². The molecule has 0 aromatic heterocycles. The van der Waals surface area contributed by atoms with Crippen LogP contribution < -0.4 is 9.47 Å². The third-order valence-corrected chi connectivity index (χ3v) is 3.60. The highest BCUT2D eigenvalue weighted by molar-refractivity contribution is 6.01. The van der Waals surface area contributed by atoms with Crippen molar-refractivity contribution in [1.29, 1.82) is 0 Å². The van der Waals surface area contributed by atoms with E-state index in [1.807, 2.05) is 17.0 Å². The summed E-state index contributed by atoms with van der Waals surface area (Å²) in [6.07, 6.45) is 0. The van der Waals surface area contributed by atoms with Gasteiger partial charge in [0.2, 0.25) is 0 Å². The summed E-state index contributed by atoms with van der Waals surface area (Å²) in [7, 11) is 3.18. The summed E-state index contributed by atoms with van der Waals surface area (Å²) in [5.74, 6) is 0.197. The highest BCUT2D eigenvalue weighted by atomic mass is 16.5. The van der Waals surface area contributed by atoms with E-state index in [2.05, 4.69) is 0 Å². The maximum absolute atomic E-state index is 11.9. The number of carbonyl (C=O) groups excluding carboxylic acids is 2. The van der Waals surface area contributed by atoms with Crippen LogP contribution in [-0.4, -0.2) is 50.6 Å². The van der Waals surface area contributed by atoms with E-state index in [1.165, 1.54) is 0 Å². The van der Waals surface area contributed by atoms with Crippen LogP contribution in [0, 0.1) is 5.92 Å². The van der Waals surface area contributed by atoms with E-state index in [0.717, 1.165) is 5.56 Å². The molecule has 1 aliphatic heterocycles. The normalized spacial score (nSPS) is 18.3. The van der Waals surface area contributed by atoms with Gasteiger partial charge in [-0.05, 0) is 24.6 Å². The molecule has 1 saturated heterocycles. The topological polar surface area (TPSA) is 65.1 Å². The van der Waals surface area contributed by atoms with Crippen LogP contribution in [0.4, 0.5) is 0 Å².